The number of hydrogen-bond acceptors (Lipinski definition) is 0. The first kappa shape index (κ1) is 21.8. The maximum atomic E-state index is 2.52. The quantitative estimate of drug-likeness (QED) is 0.205. The van der Waals surface area contributed by atoms with Gasteiger partial charge in [0.2, 0.25) is 0 Å². The second-order valence-electron chi connectivity index (χ2n) is 11.0. The van der Waals surface area contributed by atoms with Gasteiger partial charge in [-0.2, -0.15) is 0 Å². The second kappa shape index (κ2) is 7.74. The molecular weight excluding hydrogens is 484 g/mol. The molecular formula is C38H26N2. The average molecular weight is 511 g/mol. The van der Waals surface area contributed by atoms with Crippen LogP contribution < -0.4 is 0 Å². The smallest absolute Gasteiger partial charge is 0.0789 e. The van der Waals surface area contributed by atoms with Crippen LogP contribution in [-0.2, 0) is 0 Å². The van der Waals surface area contributed by atoms with Gasteiger partial charge in [-0.25, -0.2) is 0 Å². The summed E-state index contributed by atoms with van der Waals surface area (Å²) in [6.45, 7) is 4.43. The molecule has 9 rings (SSSR count). The van der Waals surface area contributed by atoms with E-state index in [2.05, 4.69) is 144 Å². The van der Waals surface area contributed by atoms with Crippen molar-refractivity contribution in [2.75, 3.05) is 0 Å². The number of hydrogen-bond donors (Lipinski definition) is 0. The van der Waals surface area contributed by atoms with Crippen LogP contribution in [0.2, 0.25) is 0 Å². The lowest BCUT2D eigenvalue weighted by molar-refractivity contribution is 1.26. The third-order valence-corrected chi connectivity index (χ3v) is 8.94. The molecule has 3 aromatic heterocycles. The molecule has 0 spiro atoms. The van der Waals surface area contributed by atoms with Crippen molar-refractivity contribution in [3.63, 3.8) is 0 Å². The van der Waals surface area contributed by atoms with Gasteiger partial charge < -0.3 is 8.80 Å². The highest BCUT2D eigenvalue weighted by atomic mass is 15.0. The van der Waals surface area contributed by atoms with Crippen LogP contribution in [0.15, 0.2) is 121 Å². The van der Waals surface area contributed by atoms with Crippen molar-refractivity contribution in [1.82, 2.24) is 8.80 Å². The van der Waals surface area contributed by atoms with Gasteiger partial charge in [-0.3, -0.25) is 0 Å². The molecule has 0 saturated carbocycles. The first-order valence-electron chi connectivity index (χ1n) is 14.0. The Hall–Kier alpha value is -5.08. The fourth-order valence-electron chi connectivity index (χ4n) is 7.22. The van der Waals surface area contributed by atoms with E-state index in [4.69, 9.17) is 0 Å². The SMILES string of the molecule is Cc1ccccc1-c1ccc2c3c1c1ccccc1n3c1ccc(-c3ccccc3C)c3c4ccccc4n2c31. The van der Waals surface area contributed by atoms with Crippen LogP contribution in [0.5, 0.6) is 0 Å². The summed E-state index contributed by atoms with van der Waals surface area (Å²) in [5.41, 5.74) is 15.3. The summed E-state index contributed by atoms with van der Waals surface area (Å²) in [4.78, 5) is 0. The molecule has 0 aliphatic rings. The molecule has 2 nitrogen and oxygen atoms in total. The molecule has 0 radical (unpaired) electrons. The third-order valence-electron chi connectivity index (χ3n) is 8.94. The molecule has 0 amide bonds. The fraction of sp³-hybridized carbons (Fsp3) is 0.0526. The van der Waals surface area contributed by atoms with Crippen LogP contribution in [0.3, 0.4) is 0 Å². The number of aromatic nitrogens is 2. The van der Waals surface area contributed by atoms with Crippen LogP contribution in [0.4, 0.5) is 0 Å². The number of rotatable bonds is 2. The lowest BCUT2D eigenvalue weighted by Gasteiger charge is -2.15. The maximum absolute atomic E-state index is 2.52. The van der Waals surface area contributed by atoms with Gasteiger partial charge in [-0.1, -0.05) is 97.1 Å². The van der Waals surface area contributed by atoms with Crippen LogP contribution in [0, 0.1) is 13.8 Å². The predicted molar refractivity (Wildman–Crippen MR) is 170 cm³/mol. The maximum Gasteiger partial charge on any atom is 0.0789 e. The Labute approximate surface area is 231 Å². The van der Waals surface area contributed by atoms with Crippen molar-refractivity contribution >= 4 is 54.6 Å². The van der Waals surface area contributed by atoms with Gasteiger partial charge in [0.25, 0.3) is 0 Å². The van der Waals surface area contributed by atoms with Gasteiger partial charge in [0.15, 0.2) is 0 Å². The van der Waals surface area contributed by atoms with Gasteiger partial charge in [0, 0.05) is 21.5 Å². The summed E-state index contributed by atoms with van der Waals surface area (Å²) in [7, 11) is 0. The molecule has 0 N–H and O–H groups in total. The van der Waals surface area contributed by atoms with E-state index in [1.807, 2.05) is 0 Å². The second-order valence-corrected chi connectivity index (χ2v) is 11.0. The molecule has 6 aromatic carbocycles. The van der Waals surface area contributed by atoms with E-state index in [1.54, 1.807) is 0 Å². The van der Waals surface area contributed by atoms with Crippen molar-refractivity contribution < 1.29 is 0 Å². The minimum atomic E-state index is 1.24. The molecule has 0 fully saturated rings. The highest BCUT2D eigenvalue weighted by molar-refractivity contribution is 6.26. The standard InChI is InChI=1S/C38H26N2/c1-23-11-3-5-13-25(23)27-19-21-33-37-35(27)29-15-7-9-17-31(29)39(37)34-22-20-28(26-14-6-4-12-24(26)2)36-30-16-8-10-18-32(30)40(33)38(34)36/h3-22H,1-2H3. The Morgan fingerprint density at radius 2 is 0.750 bits per heavy atom. The van der Waals surface area contributed by atoms with E-state index in [0.29, 0.717) is 0 Å². The highest BCUT2D eigenvalue weighted by Crippen LogP contribution is 2.46. The minimum Gasteiger partial charge on any atom is -0.305 e. The normalized spacial score (nSPS) is 12.2. The van der Waals surface area contributed by atoms with Gasteiger partial charge >= 0.3 is 0 Å². The van der Waals surface area contributed by atoms with Gasteiger partial charge in [-0.15, -0.1) is 0 Å². The van der Waals surface area contributed by atoms with Gasteiger partial charge in [0.05, 0.1) is 33.1 Å². The fourth-order valence-corrected chi connectivity index (χ4v) is 7.22. The monoisotopic (exact) mass is 510 g/mol. The largest absolute Gasteiger partial charge is 0.305 e. The summed E-state index contributed by atoms with van der Waals surface area (Å²) < 4.78 is 5.04. The molecule has 188 valence electrons. The van der Waals surface area contributed by atoms with Gasteiger partial charge in [0.1, 0.15) is 0 Å². The Morgan fingerprint density at radius 1 is 0.350 bits per heavy atom. The van der Waals surface area contributed by atoms with E-state index < -0.39 is 0 Å². The first-order valence-corrected chi connectivity index (χ1v) is 14.0. The van der Waals surface area contributed by atoms with E-state index in [0.717, 1.165) is 0 Å². The zero-order valence-electron chi connectivity index (χ0n) is 22.4. The molecule has 0 aliphatic heterocycles. The van der Waals surface area contributed by atoms with Gasteiger partial charge in [-0.05, 0) is 71.5 Å². The summed E-state index contributed by atoms with van der Waals surface area (Å²) in [5.74, 6) is 0. The van der Waals surface area contributed by atoms with E-state index >= 15 is 0 Å². The molecule has 40 heavy (non-hydrogen) atoms. The van der Waals surface area contributed by atoms with Crippen LogP contribution in [0.1, 0.15) is 11.1 Å². The molecule has 3 heterocycles. The van der Waals surface area contributed by atoms with Crippen molar-refractivity contribution in [1.29, 1.82) is 0 Å². The predicted octanol–water partition coefficient (Wildman–Crippen LogP) is 10.2. The Morgan fingerprint density at radius 3 is 1.20 bits per heavy atom. The summed E-state index contributed by atoms with van der Waals surface area (Å²) in [5, 5.41) is 5.23. The topological polar surface area (TPSA) is 8.82 Å². The zero-order chi connectivity index (χ0) is 26.5. The summed E-state index contributed by atoms with van der Waals surface area (Å²) >= 11 is 0. The lowest BCUT2D eigenvalue weighted by Crippen LogP contribution is -1.98. The number of nitrogens with zero attached hydrogens (tertiary/aromatic N) is 2. The molecule has 0 atom stereocenters. The Balaban J connectivity index is 1.59. The Bertz CT molecular complexity index is 2280. The van der Waals surface area contributed by atoms with Crippen LogP contribution in [-0.4, -0.2) is 8.80 Å². The zero-order valence-corrected chi connectivity index (χ0v) is 22.4. The molecule has 9 aromatic rings. The van der Waals surface area contributed by atoms with E-state index in [1.165, 1.54) is 88.0 Å². The molecule has 2 heteroatoms. The number of aryl methyl sites for hydroxylation is 2. The average Bonchev–Trinajstić information content (AvgIpc) is 3.52. The lowest BCUT2D eigenvalue weighted by atomic mass is 9.95. The van der Waals surface area contributed by atoms with Crippen LogP contribution >= 0.6 is 0 Å². The number of para-hydroxylation sites is 2. The first-order chi connectivity index (χ1) is 19.7. The van der Waals surface area contributed by atoms with Crippen molar-refractivity contribution in [2.24, 2.45) is 0 Å². The van der Waals surface area contributed by atoms with Crippen molar-refractivity contribution in [3.8, 4) is 22.3 Å². The highest BCUT2D eigenvalue weighted by Gasteiger charge is 2.24. The molecule has 0 aliphatic carbocycles. The van der Waals surface area contributed by atoms with Crippen LogP contribution in [0.25, 0.3) is 76.9 Å². The van der Waals surface area contributed by atoms with E-state index in [-0.39, 0.29) is 0 Å². The number of benzene rings is 6. The van der Waals surface area contributed by atoms with E-state index in [9.17, 15) is 0 Å². The van der Waals surface area contributed by atoms with Crippen molar-refractivity contribution in [3.05, 3.63) is 132 Å². The molecule has 0 saturated heterocycles. The summed E-state index contributed by atoms with van der Waals surface area (Å²) in [6.07, 6.45) is 0. The third kappa shape index (κ3) is 2.63. The molecule has 0 unspecified atom stereocenters. The molecule has 0 bridgehead atoms. The minimum absolute atomic E-state index is 1.24. The summed E-state index contributed by atoms with van der Waals surface area (Å²) in [6, 6.07) is 44.7. The number of fused-ring (bicyclic) bond motifs is 8. The van der Waals surface area contributed by atoms with Crippen molar-refractivity contribution in [2.45, 2.75) is 13.8 Å². The Kier molecular flexibility index (Phi) is 4.22.